The molecule has 0 amide bonds. The summed E-state index contributed by atoms with van der Waals surface area (Å²) in [6.07, 6.45) is 1.08. The van der Waals surface area contributed by atoms with Crippen LogP contribution in [0, 0.1) is 0 Å². The van der Waals surface area contributed by atoms with Crippen molar-refractivity contribution >= 4 is 16.0 Å². The molecule has 0 aromatic heterocycles. The predicted octanol–water partition coefficient (Wildman–Crippen LogP) is 0.776. The maximum absolute atomic E-state index is 12.1. The molecule has 3 N–H and O–H groups in total. The Morgan fingerprint density at radius 1 is 1.35 bits per heavy atom. The number of hydrogen-bond acceptors (Lipinski definition) is 4. The molecule has 0 saturated heterocycles. The van der Waals surface area contributed by atoms with E-state index in [2.05, 4.69) is 4.72 Å². The van der Waals surface area contributed by atoms with Gasteiger partial charge in [-0.05, 0) is 30.9 Å². The van der Waals surface area contributed by atoms with Crippen LogP contribution in [0.1, 0.15) is 36.9 Å². The van der Waals surface area contributed by atoms with E-state index < -0.39 is 26.8 Å². The molecule has 1 fully saturated rings. The second-order valence-corrected chi connectivity index (χ2v) is 7.47. The minimum atomic E-state index is -3.67. The molecule has 110 valence electrons. The van der Waals surface area contributed by atoms with Gasteiger partial charge in [0.15, 0.2) is 0 Å². The average Bonchev–Trinajstić information content (AvgIpc) is 3.16. The molecule has 0 radical (unpaired) electrons. The molecule has 1 saturated carbocycles. The molecular weight excluding hydrogens is 282 g/mol. The SMILES string of the molecule is CC1(S(=O)(=O)NC(C(=O)O)c2ccc(CO)cc2)CC1. The summed E-state index contributed by atoms with van der Waals surface area (Å²) >= 11 is 0. The lowest BCUT2D eigenvalue weighted by Gasteiger charge is -2.18. The zero-order valence-electron chi connectivity index (χ0n) is 11.0. The number of aliphatic carboxylic acids is 1. The van der Waals surface area contributed by atoms with Crippen LogP contribution in [0.5, 0.6) is 0 Å². The number of aliphatic hydroxyl groups excluding tert-OH is 1. The first kappa shape index (κ1) is 15.0. The summed E-state index contributed by atoms with van der Waals surface area (Å²) in [6, 6.07) is 4.83. The molecule has 1 aromatic carbocycles. The molecule has 6 nitrogen and oxygen atoms in total. The fourth-order valence-electron chi connectivity index (χ4n) is 1.82. The van der Waals surface area contributed by atoms with Gasteiger partial charge in [0.2, 0.25) is 10.0 Å². The molecule has 2 rings (SSSR count). The standard InChI is InChI=1S/C13H17NO5S/c1-13(6-7-13)20(18,19)14-11(12(16)17)10-4-2-9(8-15)3-5-10/h2-5,11,14-15H,6-8H2,1H3,(H,16,17). The highest BCUT2D eigenvalue weighted by Crippen LogP contribution is 2.42. The van der Waals surface area contributed by atoms with E-state index in [1.807, 2.05) is 0 Å². The minimum Gasteiger partial charge on any atom is -0.480 e. The molecule has 0 spiro atoms. The molecule has 0 heterocycles. The first-order chi connectivity index (χ1) is 9.29. The van der Waals surface area contributed by atoms with Gasteiger partial charge < -0.3 is 10.2 Å². The fourth-order valence-corrected chi connectivity index (χ4v) is 3.29. The second kappa shape index (κ2) is 5.16. The Bertz CT molecular complexity index is 604. The number of aliphatic hydroxyl groups is 1. The van der Waals surface area contributed by atoms with Gasteiger partial charge >= 0.3 is 5.97 Å². The lowest BCUT2D eigenvalue weighted by molar-refractivity contribution is -0.139. The molecule has 1 aliphatic carbocycles. The van der Waals surface area contributed by atoms with Crippen LogP contribution in [0.3, 0.4) is 0 Å². The van der Waals surface area contributed by atoms with Crippen molar-refractivity contribution in [3.05, 3.63) is 35.4 Å². The first-order valence-electron chi connectivity index (χ1n) is 6.23. The zero-order chi connectivity index (χ0) is 15.0. The predicted molar refractivity (Wildman–Crippen MR) is 72.4 cm³/mol. The third-order valence-electron chi connectivity index (χ3n) is 3.62. The first-order valence-corrected chi connectivity index (χ1v) is 7.72. The monoisotopic (exact) mass is 299 g/mol. The number of carboxylic acid groups (broad SMARTS) is 1. The Kier molecular flexibility index (Phi) is 3.86. The summed E-state index contributed by atoms with van der Waals surface area (Å²) in [4.78, 5) is 11.3. The number of rotatable bonds is 6. The molecule has 20 heavy (non-hydrogen) atoms. The number of benzene rings is 1. The third-order valence-corrected chi connectivity index (χ3v) is 5.87. The highest BCUT2D eigenvalue weighted by Gasteiger charge is 2.51. The van der Waals surface area contributed by atoms with Crippen molar-refractivity contribution in [2.45, 2.75) is 37.2 Å². The van der Waals surface area contributed by atoms with E-state index >= 15 is 0 Å². The molecule has 1 aromatic rings. The smallest absolute Gasteiger partial charge is 0.326 e. The summed E-state index contributed by atoms with van der Waals surface area (Å²) in [5.74, 6) is -1.26. The highest BCUT2D eigenvalue weighted by molar-refractivity contribution is 7.91. The Labute approximate surface area is 117 Å². The lowest BCUT2D eigenvalue weighted by atomic mass is 10.1. The molecule has 0 aliphatic heterocycles. The van der Waals surface area contributed by atoms with Crippen molar-refractivity contribution in [3.8, 4) is 0 Å². The molecular formula is C13H17NO5S. The van der Waals surface area contributed by atoms with Gasteiger partial charge in [-0.1, -0.05) is 24.3 Å². The maximum Gasteiger partial charge on any atom is 0.326 e. The quantitative estimate of drug-likeness (QED) is 0.720. The van der Waals surface area contributed by atoms with Crippen molar-refractivity contribution in [2.75, 3.05) is 0 Å². The summed E-state index contributed by atoms with van der Waals surface area (Å²) in [7, 11) is -3.67. The van der Waals surface area contributed by atoms with E-state index in [1.165, 1.54) is 12.1 Å². The van der Waals surface area contributed by atoms with Gasteiger partial charge in [0.05, 0.1) is 11.4 Å². The minimum absolute atomic E-state index is 0.151. The van der Waals surface area contributed by atoms with Crippen LogP contribution < -0.4 is 4.72 Å². The number of hydrogen-bond donors (Lipinski definition) is 3. The van der Waals surface area contributed by atoms with Crippen LogP contribution in [0.4, 0.5) is 0 Å². The highest BCUT2D eigenvalue weighted by atomic mass is 32.2. The normalized spacial score (nSPS) is 18.5. The Morgan fingerprint density at radius 2 is 1.90 bits per heavy atom. The van der Waals surface area contributed by atoms with Crippen molar-refractivity contribution in [1.29, 1.82) is 0 Å². The van der Waals surface area contributed by atoms with Gasteiger partial charge in [-0.15, -0.1) is 0 Å². The Morgan fingerprint density at radius 3 is 2.30 bits per heavy atom. The summed E-state index contributed by atoms with van der Waals surface area (Å²) in [5.41, 5.74) is 0.970. The van der Waals surface area contributed by atoms with Crippen LogP contribution in [0.15, 0.2) is 24.3 Å². The second-order valence-electron chi connectivity index (χ2n) is 5.24. The Hall–Kier alpha value is -1.44. The van der Waals surface area contributed by atoms with Gasteiger partial charge in [-0.25, -0.2) is 8.42 Å². The van der Waals surface area contributed by atoms with Crippen LogP contribution in [-0.4, -0.2) is 29.3 Å². The average molecular weight is 299 g/mol. The van der Waals surface area contributed by atoms with E-state index in [-0.39, 0.29) is 6.61 Å². The molecule has 1 aliphatic rings. The number of carbonyl (C=O) groups is 1. The van der Waals surface area contributed by atoms with Gasteiger partial charge in [0.1, 0.15) is 6.04 Å². The maximum atomic E-state index is 12.1. The van der Waals surface area contributed by atoms with E-state index in [0.717, 1.165) is 0 Å². The molecule has 0 bridgehead atoms. The van der Waals surface area contributed by atoms with Gasteiger partial charge in [0.25, 0.3) is 0 Å². The van der Waals surface area contributed by atoms with Crippen LogP contribution in [-0.2, 0) is 21.4 Å². The lowest BCUT2D eigenvalue weighted by Crippen LogP contribution is -2.39. The zero-order valence-corrected chi connectivity index (χ0v) is 11.9. The largest absolute Gasteiger partial charge is 0.480 e. The number of carboxylic acids is 1. The van der Waals surface area contributed by atoms with Gasteiger partial charge in [-0.2, -0.15) is 4.72 Å². The molecule has 1 unspecified atom stereocenters. The van der Waals surface area contributed by atoms with Crippen LogP contribution in [0.2, 0.25) is 0 Å². The summed E-state index contributed by atoms with van der Waals surface area (Å²) in [6.45, 7) is 1.45. The molecule has 7 heteroatoms. The van der Waals surface area contributed by atoms with Crippen molar-refractivity contribution in [2.24, 2.45) is 0 Å². The van der Waals surface area contributed by atoms with Gasteiger partial charge in [0, 0.05) is 0 Å². The van der Waals surface area contributed by atoms with E-state index in [0.29, 0.717) is 24.0 Å². The van der Waals surface area contributed by atoms with Crippen LogP contribution >= 0.6 is 0 Å². The van der Waals surface area contributed by atoms with E-state index in [1.54, 1.807) is 19.1 Å². The Balaban J connectivity index is 2.25. The van der Waals surface area contributed by atoms with Crippen LogP contribution in [0.25, 0.3) is 0 Å². The summed E-state index contributed by atoms with van der Waals surface area (Å²) in [5, 5.41) is 18.2. The van der Waals surface area contributed by atoms with Crippen molar-refractivity contribution in [1.82, 2.24) is 4.72 Å². The van der Waals surface area contributed by atoms with E-state index in [4.69, 9.17) is 5.11 Å². The number of nitrogens with one attached hydrogen (secondary N) is 1. The summed E-state index contributed by atoms with van der Waals surface area (Å²) < 4.78 is 25.6. The molecule has 1 atom stereocenters. The third kappa shape index (κ3) is 2.84. The van der Waals surface area contributed by atoms with E-state index in [9.17, 15) is 18.3 Å². The number of sulfonamides is 1. The topological polar surface area (TPSA) is 104 Å². The van der Waals surface area contributed by atoms with Gasteiger partial charge in [-0.3, -0.25) is 4.79 Å². The van der Waals surface area contributed by atoms with Crippen molar-refractivity contribution < 1.29 is 23.4 Å². The fraction of sp³-hybridized carbons (Fsp3) is 0.462. The van der Waals surface area contributed by atoms with Crippen molar-refractivity contribution in [3.63, 3.8) is 0 Å².